The van der Waals surface area contributed by atoms with Crippen molar-refractivity contribution in [1.82, 2.24) is 10.3 Å². The summed E-state index contributed by atoms with van der Waals surface area (Å²) in [6.07, 6.45) is 0. The smallest absolute Gasteiger partial charge is 0.240 e. The summed E-state index contributed by atoms with van der Waals surface area (Å²) in [7, 11) is 1.73. The van der Waals surface area contributed by atoms with Crippen LogP contribution >= 0.6 is 27.3 Å². The van der Waals surface area contributed by atoms with E-state index in [2.05, 4.69) is 31.5 Å². The first-order valence-corrected chi connectivity index (χ1v) is 7.02. The molecule has 4 nitrogen and oxygen atoms in total. The topological polar surface area (TPSA) is 54.0 Å². The van der Waals surface area contributed by atoms with Gasteiger partial charge in [-0.1, -0.05) is 28.1 Å². The minimum absolute atomic E-state index is 0.0901. The number of thiazole rings is 1. The maximum atomic E-state index is 11.4. The molecule has 0 aliphatic heterocycles. The van der Waals surface area contributed by atoms with Crippen molar-refractivity contribution in [2.24, 2.45) is 0 Å². The van der Waals surface area contributed by atoms with Gasteiger partial charge in [0.25, 0.3) is 0 Å². The van der Waals surface area contributed by atoms with Crippen molar-refractivity contribution >= 4 is 38.3 Å². The Morgan fingerprint density at radius 1 is 1.50 bits per heavy atom. The molecule has 0 radical (unpaired) electrons. The number of amides is 1. The molecular weight excluding hydrogens is 314 g/mol. The second-order valence-electron chi connectivity index (χ2n) is 3.63. The van der Waals surface area contributed by atoms with Crippen molar-refractivity contribution in [3.63, 3.8) is 0 Å². The van der Waals surface area contributed by atoms with Crippen LogP contribution in [0.1, 0.15) is 0 Å². The predicted octanol–water partition coefficient (Wildman–Crippen LogP) is 2.73. The van der Waals surface area contributed by atoms with E-state index in [9.17, 15) is 4.79 Å². The molecule has 0 aliphatic carbocycles. The number of hydrogen-bond acceptors (Lipinski definition) is 4. The molecule has 0 aliphatic rings. The Kier molecular flexibility index (Phi) is 4.46. The maximum Gasteiger partial charge on any atom is 0.240 e. The lowest BCUT2D eigenvalue weighted by atomic mass is 10.2. The Hall–Kier alpha value is -1.24. The van der Waals surface area contributed by atoms with E-state index in [1.165, 1.54) is 11.3 Å². The largest absolute Gasteiger partial charge is 0.311 e. The van der Waals surface area contributed by atoms with Crippen LogP contribution in [0.2, 0.25) is 0 Å². The number of hydrogen-bond donors (Lipinski definition) is 2. The lowest BCUT2D eigenvalue weighted by molar-refractivity contribution is -0.115. The molecule has 0 saturated carbocycles. The van der Waals surface area contributed by atoms with Crippen LogP contribution < -0.4 is 10.6 Å². The summed E-state index contributed by atoms with van der Waals surface area (Å²) in [5.41, 5.74) is 1.88. The van der Waals surface area contributed by atoms with E-state index in [1.807, 2.05) is 29.6 Å². The van der Waals surface area contributed by atoms with Crippen molar-refractivity contribution in [2.75, 3.05) is 18.9 Å². The highest BCUT2D eigenvalue weighted by Crippen LogP contribution is 2.26. The monoisotopic (exact) mass is 325 g/mol. The molecule has 2 N–H and O–H groups in total. The SMILES string of the molecule is CNCC(=O)Nc1nc(-c2cccc(Br)c2)cs1. The first kappa shape index (κ1) is 13.2. The van der Waals surface area contributed by atoms with Crippen LogP contribution in [0, 0.1) is 0 Å². The fourth-order valence-electron chi connectivity index (χ4n) is 1.44. The number of rotatable bonds is 4. The Balaban J connectivity index is 2.13. The average Bonchev–Trinajstić information content (AvgIpc) is 2.78. The third-order valence-corrected chi connectivity index (χ3v) is 3.46. The minimum Gasteiger partial charge on any atom is -0.311 e. The third-order valence-electron chi connectivity index (χ3n) is 2.21. The van der Waals surface area contributed by atoms with Gasteiger partial charge >= 0.3 is 0 Å². The van der Waals surface area contributed by atoms with Gasteiger partial charge < -0.3 is 10.6 Å². The van der Waals surface area contributed by atoms with Crippen LogP contribution in [0.25, 0.3) is 11.3 Å². The van der Waals surface area contributed by atoms with Crippen molar-refractivity contribution in [3.8, 4) is 11.3 Å². The molecule has 94 valence electrons. The quantitative estimate of drug-likeness (QED) is 0.908. The number of nitrogens with zero attached hydrogens (tertiary/aromatic N) is 1. The van der Waals surface area contributed by atoms with Crippen LogP contribution in [0.5, 0.6) is 0 Å². The lowest BCUT2D eigenvalue weighted by Crippen LogP contribution is -2.24. The molecule has 6 heteroatoms. The van der Waals surface area contributed by atoms with E-state index >= 15 is 0 Å². The number of nitrogens with one attached hydrogen (secondary N) is 2. The molecule has 2 rings (SSSR count). The van der Waals surface area contributed by atoms with Crippen LogP contribution in [0.4, 0.5) is 5.13 Å². The zero-order chi connectivity index (χ0) is 13.0. The van der Waals surface area contributed by atoms with Gasteiger partial charge in [0.05, 0.1) is 12.2 Å². The van der Waals surface area contributed by atoms with Crippen molar-refractivity contribution < 1.29 is 4.79 Å². The number of halogens is 1. The van der Waals surface area contributed by atoms with Gasteiger partial charge in [0.1, 0.15) is 0 Å². The first-order chi connectivity index (χ1) is 8.69. The van der Waals surface area contributed by atoms with Gasteiger partial charge in [-0.05, 0) is 19.2 Å². The first-order valence-electron chi connectivity index (χ1n) is 5.35. The molecule has 2 aromatic rings. The maximum absolute atomic E-state index is 11.4. The number of aromatic nitrogens is 1. The van der Waals surface area contributed by atoms with Gasteiger partial charge in [-0.15, -0.1) is 11.3 Å². The van der Waals surface area contributed by atoms with E-state index in [4.69, 9.17) is 0 Å². The van der Waals surface area contributed by atoms with Crippen molar-refractivity contribution in [1.29, 1.82) is 0 Å². The molecule has 0 atom stereocenters. The number of carbonyl (C=O) groups is 1. The standard InChI is InChI=1S/C12H12BrN3OS/c1-14-6-11(17)16-12-15-10(7-18-12)8-3-2-4-9(13)5-8/h2-5,7,14H,6H2,1H3,(H,15,16,17). The van der Waals surface area contributed by atoms with Gasteiger partial charge in [0, 0.05) is 15.4 Å². The summed E-state index contributed by atoms with van der Waals surface area (Å²) in [4.78, 5) is 15.8. The van der Waals surface area contributed by atoms with Crippen LogP contribution in [0.3, 0.4) is 0 Å². The van der Waals surface area contributed by atoms with E-state index in [0.29, 0.717) is 5.13 Å². The van der Waals surface area contributed by atoms with E-state index < -0.39 is 0 Å². The summed E-state index contributed by atoms with van der Waals surface area (Å²) in [6, 6.07) is 7.90. The molecule has 1 aromatic heterocycles. The second-order valence-corrected chi connectivity index (χ2v) is 5.40. The highest BCUT2D eigenvalue weighted by atomic mass is 79.9. The minimum atomic E-state index is -0.0901. The van der Waals surface area contributed by atoms with Crippen LogP contribution in [-0.2, 0) is 4.79 Å². The Morgan fingerprint density at radius 2 is 2.33 bits per heavy atom. The fourth-order valence-corrected chi connectivity index (χ4v) is 2.57. The summed E-state index contributed by atoms with van der Waals surface area (Å²) in [5, 5.41) is 8.08. The molecule has 0 spiro atoms. The van der Waals surface area contributed by atoms with Crippen LogP contribution in [0.15, 0.2) is 34.1 Å². The molecule has 0 saturated heterocycles. The Bertz CT molecular complexity index is 556. The number of benzene rings is 1. The molecule has 1 heterocycles. The number of carbonyl (C=O) groups excluding carboxylic acids is 1. The molecule has 0 fully saturated rings. The summed E-state index contributed by atoms with van der Waals surface area (Å²) < 4.78 is 1.01. The molecule has 1 aromatic carbocycles. The molecule has 0 unspecified atom stereocenters. The van der Waals surface area contributed by atoms with Gasteiger partial charge in [0.2, 0.25) is 5.91 Å². The predicted molar refractivity (Wildman–Crippen MR) is 77.8 cm³/mol. The summed E-state index contributed by atoms with van der Waals surface area (Å²) in [6.45, 7) is 0.284. The van der Waals surface area contributed by atoms with E-state index in [0.717, 1.165) is 15.7 Å². The third kappa shape index (κ3) is 3.38. The van der Waals surface area contributed by atoms with Gasteiger partial charge in [0.15, 0.2) is 5.13 Å². The van der Waals surface area contributed by atoms with Gasteiger partial charge in [-0.2, -0.15) is 0 Å². The van der Waals surface area contributed by atoms with Gasteiger partial charge in [-0.3, -0.25) is 4.79 Å². The molecule has 18 heavy (non-hydrogen) atoms. The summed E-state index contributed by atoms with van der Waals surface area (Å²) >= 11 is 4.84. The van der Waals surface area contributed by atoms with Crippen molar-refractivity contribution in [2.45, 2.75) is 0 Å². The average molecular weight is 326 g/mol. The number of likely N-dealkylation sites (N-methyl/N-ethyl adjacent to an activating group) is 1. The molecule has 1 amide bonds. The Labute approximate surface area is 118 Å². The normalized spacial score (nSPS) is 10.3. The van der Waals surface area contributed by atoms with E-state index in [-0.39, 0.29) is 12.5 Å². The lowest BCUT2D eigenvalue weighted by Gasteiger charge is -2.00. The van der Waals surface area contributed by atoms with E-state index in [1.54, 1.807) is 7.05 Å². The van der Waals surface area contributed by atoms with Crippen LogP contribution in [-0.4, -0.2) is 24.5 Å². The molecule has 0 bridgehead atoms. The zero-order valence-electron chi connectivity index (χ0n) is 9.74. The zero-order valence-corrected chi connectivity index (χ0v) is 12.1. The van der Waals surface area contributed by atoms with Crippen molar-refractivity contribution in [3.05, 3.63) is 34.1 Å². The highest BCUT2D eigenvalue weighted by molar-refractivity contribution is 9.10. The summed E-state index contributed by atoms with van der Waals surface area (Å²) in [5.74, 6) is -0.0901. The highest BCUT2D eigenvalue weighted by Gasteiger charge is 2.07. The fraction of sp³-hybridized carbons (Fsp3) is 0.167. The second kappa shape index (κ2) is 6.08. The van der Waals surface area contributed by atoms with Gasteiger partial charge in [-0.25, -0.2) is 4.98 Å². The number of anilines is 1. The molecular formula is C12H12BrN3OS. The Morgan fingerprint density at radius 3 is 3.06 bits per heavy atom.